The van der Waals surface area contributed by atoms with Crippen molar-refractivity contribution in [1.82, 2.24) is 5.32 Å². The molecule has 3 nitrogen and oxygen atoms in total. The second-order valence-corrected chi connectivity index (χ2v) is 3.05. The molecule has 0 bridgehead atoms. The number of rotatable bonds is 2. The third-order valence-corrected chi connectivity index (χ3v) is 1.85. The number of nitriles is 1. The first-order valence-electron chi connectivity index (χ1n) is 4.44. The van der Waals surface area contributed by atoms with Gasteiger partial charge >= 0.3 is 0 Å². The van der Waals surface area contributed by atoms with Crippen molar-refractivity contribution in [1.29, 1.82) is 5.26 Å². The van der Waals surface area contributed by atoms with Gasteiger partial charge in [0, 0.05) is 5.56 Å². The molecule has 0 fully saturated rings. The van der Waals surface area contributed by atoms with Crippen LogP contribution in [0.5, 0.6) is 0 Å². The van der Waals surface area contributed by atoms with Gasteiger partial charge in [0.15, 0.2) is 0 Å². The van der Waals surface area contributed by atoms with Crippen molar-refractivity contribution < 1.29 is 4.79 Å². The van der Waals surface area contributed by atoms with E-state index in [1.807, 2.05) is 6.07 Å². The molecule has 74 valence electrons. The Hall–Kier alpha value is -2.26. The molecule has 1 rings (SSSR count). The molecule has 0 spiro atoms. The number of carbonyl (C=O) groups is 1. The second kappa shape index (κ2) is 4.83. The summed E-state index contributed by atoms with van der Waals surface area (Å²) in [6.07, 6.45) is 5.14. The number of terminal acetylenes is 1. The lowest BCUT2D eigenvalue weighted by atomic mass is 10.1. The van der Waals surface area contributed by atoms with Gasteiger partial charge in [-0.15, -0.1) is 6.42 Å². The Balaban J connectivity index is 2.84. The number of hydrogen-bond donors (Lipinski definition) is 1. The van der Waals surface area contributed by atoms with Gasteiger partial charge in [0.05, 0.1) is 17.7 Å². The summed E-state index contributed by atoms with van der Waals surface area (Å²) in [5.41, 5.74) is 0.896. The van der Waals surface area contributed by atoms with Crippen LogP contribution in [0.1, 0.15) is 22.8 Å². The van der Waals surface area contributed by atoms with Gasteiger partial charge in [-0.25, -0.2) is 0 Å². The maximum atomic E-state index is 11.6. The van der Waals surface area contributed by atoms with E-state index in [1.54, 1.807) is 25.1 Å². The van der Waals surface area contributed by atoms with Crippen molar-refractivity contribution in [3.8, 4) is 18.4 Å². The third-order valence-electron chi connectivity index (χ3n) is 1.85. The third kappa shape index (κ3) is 2.86. The molecule has 0 aromatic heterocycles. The zero-order chi connectivity index (χ0) is 11.3. The predicted octanol–water partition coefficient (Wildman–Crippen LogP) is 1.31. The van der Waals surface area contributed by atoms with Crippen molar-refractivity contribution in [2.75, 3.05) is 0 Å². The van der Waals surface area contributed by atoms with Gasteiger partial charge in [0.2, 0.25) is 0 Å². The fourth-order valence-corrected chi connectivity index (χ4v) is 1.05. The van der Waals surface area contributed by atoms with Gasteiger partial charge in [-0.2, -0.15) is 5.26 Å². The minimum absolute atomic E-state index is 0.266. The van der Waals surface area contributed by atoms with Gasteiger partial charge in [0.25, 0.3) is 5.91 Å². The molecule has 0 aliphatic carbocycles. The van der Waals surface area contributed by atoms with Gasteiger partial charge in [0.1, 0.15) is 0 Å². The molecule has 1 aromatic carbocycles. The smallest absolute Gasteiger partial charge is 0.252 e. The van der Waals surface area contributed by atoms with E-state index in [9.17, 15) is 4.79 Å². The van der Waals surface area contributed by atoms with Crippen LogP contribution in [0.3, 0.4) is 0 Å². The van der Waals surface area contributed by atoms with Crippen molar-refractivity contribution in [3.05, 3.63) is 35.4 Å². The highest BCUT2D eigenvalue weighted by Gasteiger charge is 2.07. The van der Waals surface area contributed by atoms with E-state index >= 15 is 0 Å². The molecule has 1 unspecified atom stereocenters. The Kier molecular flexibility index (Phi) is 3.49. The molecular formula is C12H10N2O. The maximum absolute atomic E-state index is 11.6. The van der Waals surface area contributed by atoms with E-state index in [2.05, 4.69) is 11.2 Å². The molecule has 1 atom stereocenters. The minimum atomic E-state index is -0.316. The number of nitrogens with zero attached hydrogens (tertiary/aromatic N) is 1. The number of amides is 1. The molecule has 0 radical (unpaired) electrons. The Labute approximate surface area is 88.7 Å². The fourth-order valence-electron chi connectivity index (χ4n) is 1.05. The summed E-state index contributed by atoms with van der Waals surface area (Å²) in [6, 6.07) is 8.12. The monoisotopic (exact) mass is 198 g/mol. The van der Waals surface area contributed by atoms with Crippen LogP contribution >= 0.6 is 0 Å². The summed E-state index contributed by atoms with van der Waals surface area (Å²) in [7, 11) is 0. The van der Waals surface area contributed by atoms with E-state index in [0.29, 0.717) is 11.1 Å². The zero-order valence-corrected chi connectivity index (χ0v) is 8.32. The van der Waals surface area contributed by atoms with E-state index in [4.69, 9.17) is 11.7 Å². The highest BCUT2D eigenvalue weighted by atomic mass is 16.1. The van der Waals surface area contributed by atoms with Crippen LogP contribution in [-0.4, -0.2) is 11.9 Å². The highest BCUT2D eigenvalue weighted by Crippen LogP contribution is 2.04. The lowest BCUT2D eigenvalue weighted by molar-refractivity contribution is 0.0948. The second-order valence-electron chi connectivity index (χ2n) is 3.05. The van der Waals surface area contributed by atoms with Crippen LogP contribution in [0.15, 0.2) is 24.3 Å². The summed E-state index contributed by atoms with van der Waals surface area (Å²) in [4.78, 5) is 11.6. The standard InChI is InChI=1S/C12H10N2O/c1-3-9(2)14-12(15)11-6-4-5-10(7-11)8-13/h1,4-7,9H,2H3,(H,14,15). The zero-order valence-electron chi connectivity index (χ0n) is 8.32. The first kappa shape index (κ1) is 10.8. The Morgan fingerprint density at radius 2 is 2.33 bits per heavy atom. The first-order chi connectivity index (χ1) is 7.17. The van der Waals surface area contributed by atoms with Crippen LogP contribution in [0.25, 0.3) is 0 Å². The molecule has 1 amide bonds. The van der Waals surface area contributed by atoms with Crippen LogP contribution in [0.2, 0.25) is 0 Å². The molecule has 0 heterocycles. The number of hydrogen-bond acceptors (Lipinski definition) is 2. The normalized spacial score (nSPS) is 10.9. The van der Waals surface area contributed by atoms with Gasteiger partial charge < -0.3 is 5.32 Å². The van der Waals surface area contributed by atoms with Crippen molar-refractivity contribution in [2.45, 2.75) is 13.0 Å². The van der Waals surface area contributed by atoms with Gasteiger partial charge in [-0.1, -0.05) is 12.0 Å². The lowest BCUT2D eigenvalue weighted by Crippen LogP contribution is -2.31. The molecule has 3 heteroatoms. The molecule has 0 aliphatic heterocycles. The summed E-state index contributed by atoms with van der Waals surface area (Å²) >= 11 is 0. The lowest BCUT2D eigenvalue weighted by Gasteiger charge is -2.07. The highest BCUT2D eigenvalue weighted by molar-refractivity contribution is 5.94. The number of carbonyl (C=O) groups excluding carboxylic acids is 1. The molecule has 1 N–H and O–H groups in total. The van der Waals surface area contributed by atoms with Gasteiger partial charge in [-0.05, 0) is 25.1 Å². The number of benzene rings is 1. The van der Waals surface area contributed by atoms with Gasteiger partial charge in [-0.3, -0.25) is 4.79 Å². The molecule has 0 aliphatic rings. The average Bonchev–Trinajstić information content (AvgIpc) is 2.28. The largest absolute Gasteiger partial charge is 0.339 e. The Morgan fingerprint density at radius 1 is 1.60 bits per heavy atom. The first-order valence-corrected chi connectivity index (χ1v) is 4.44. The van der Waals surface area contributed by atoms with Crippen molar-refractivity contribution in [2.24, 2.45) is 0 Å². The minimum Gasteiger partial charge on any atom is -0.339 e. The summed E-state index contributed by atoms with van der Waals surface area (Å²) in [6.45, 7) is 1.71. The average molecular weight is 198 g/mol. The van der Waals surface area contributed by atoms with Crippen LogP contribution in [0.4, 0.5) is 0 Å². The van der Waals surface area contributed by atoms with Crippen LogP contribution in [-0.2, 0) is 0 Å². The van der Waals surface area contributed by atoms with Crippen molar-refractivity contribution in [3.63, 3.8) is 0 Å². The van der Waals surface area contributed by atoms with Crippen LogP contribution in [0, 0.1) is 23.7 Å². The SMILES string of the molecule is C#CC(C)NC(=O)c1cccc(C#N)c1. The summed E-state index contributed by atoms with van der Waals surface area (Å²) in [5, 5.41) is 11.3. The molecule has 15 heavy (non-hydrogen) atoms. The fraction of sp³-hybridized carbons (Fsp3) is 0.167. The molecule has 0 saturated heterocycles. The summed E-state index contributed by atoms with van der Waals surface area (Å²) in [5.74, 6) is 2.13. The number of nitrogens with one attached hydrogen (secondary N) is 1. The molecular weight excluding hydrogens is 188 g/mol. The molecule has 0 saturated carbocycles. The maximum Gasteiger partial charge on any atom is 0.252 e. The quantitative estimate of drug-likeness (QED) is 0.728. The molecule has 1 aromatic rings. The van der Waals surface area contributed by atoms with Crippen LogP contribution < -0.4 is 5.32 Å². The van der Waals surface area contributed by atoms with E-state index in [0.717, 1.165) is 0 Å². The topological polar surface area (TPSA) is 52.9 Å². The van der Waals surface area contributed by atoms with Crippen molar-refractivity contribution >= 4 is 5.91 Å². The Morgan fingerprint density at radius 3 is 2.93 bits per heavy atom. The summed E-state index contributed by atoms with van der Waals surface area (Å²) < 4.78 is 0. The van der Waals surface area contributed by atoms with E-state index in [1.165, 1.54) is 6.07 Å². The Bertz CT molecular complexity index is 451. The van der Waals surface area contributed by atoms with E-state index < -0.39 is 0 Å². The predicted molar refractivity (Wildman–Crippen MR) is 56.9 cm³/mol. The van der Waals surface area contributed by atoms with E-state index in [-0.39, 0.29) is 11.9 Å².